The average molecular weight is 787 g/mol. The van der Waals surface area contributed by atoms with Crippen molar-refractivity contribution in [2.75, 3.05) is 13.7 Å². The Labute approximate surface area is 282 Å². The van der Waals surface area contributed by atoms with Crippen LogP contribution in [-0.2, 0) is 9.47 Å². The topological polar surface area (TPSA) is 18.5 Å². The molecule has 286 valence electrons. The lowest BCUT2D eigenvalue weighted by atomic mass is 9.75. The fourth-order valence-corrected chi connectivity index (χ4v) is 5.13. The number of methoxy groups -OCH3 is 1. The lowest BCUT2D eigenvalue weighted by molar-refractivity contribution is -0.461. The first-order chi connectivity index (χ1) is 23.0. The number of hydrogen-bond donors (Lipinski definition) is 0. The van der Waals surface area contributed by atoms with Gasteiger partial charge in [0.05, 0.1) is 0 Å². The van der Waals surface area contributed by atoms with Crippen LogP contribution in [0.25, 0.3) is 0 Å². The third kappa shape index (κ3) is 7.05. The van der Waals surface area contributed by atoms with Crippen LogP contribution in [-0.4, -0.2) is 72.0 Å². The Morgan fingerprint density at radius 3 is 1.29 bits per heavy atom. The first kappa shape index (κ1) is 42.4. The lowest BCUT2D eigenvalue weighted by Gasteiger charge is -2.43. The monoisotopic (exact) mass is 786 g/mol. The van der Waals surface area contributed by atoms with E-state index >= 15 is 0 Å². The van der Waals surface area contributed by atoms with E-state index in [0.717, 1.165) is 0 Å². The number of rotatable bonds is 15. The molecule has 51 heavy (non-hydrogen) atoms. The van der Waals surface area contributed by atoms with E-state index in [9.17, 15) is 74.6 Å². The molecule has 2 aromatic carbocycles. The first-order valence-corrected chi connectivity index (χ1v) is 14.5. The van der Waals surface area contributed by atoms with Crippen LogP contribution in [0.15, 0.2) is 85.0 Å². The Morgan fingerprint density at radius 1 is 0.549 bits per heavy atom. The molecule has 0 bridgehead atoms. The first-order valence-electron chi connectivity index (χ1n) is 14.1. The van der Waals surface area contributed by atoms with Gasteiger partial charge in [-0.15, -0.1) is 0 Å². The number of alkyl halides is 18. The zero-order chi connectivity index (χ0) is 39.2. The smallest absolute Gasteiger partial charge is 0.366 e. The van der Waals surface area contributed by atoms with Gasteiger partial charge in [-0.1, -0.05) is 72.3 Å². The van der Waals surface area contributed by atoms with E-state index in [1.165, 1.54) is 31.4 Å². The van der Waals surface area contributed by atoms with Crippen molar-refractivity contribution in [2.45, 2.75) is 77.1 Å². The van der Waals surface area contributed by atoms with Crippen LogP contribution < -0.4 is 0 Å². The molecule has 0 heterocycles. The normalized spacial score (nSPS) is 21.4. The molecule has 20 heteroatoms. The predicted molar refractivity (Wildman–Crippen MR) is 147 cm³/mol. The van der Waals surface area contributed by atoms with Crippen molar-refractivity contribution in [1.29, 1.82) is 0 Å². The van der Waals surface area contributed by atoms with Gasteiger partial charge in [-0.25, -0.2) is 0 Å². The van der Waals surface area contributed by atoms with Gasteiger partial charge in [-0.3, -0.25) is 0 Å². The number of ether oxygens (including phenoxy) is 2. The van der Waals surface area contributed by atoms with E-state index in [0.29, 0.717) is 11.1 Å². The van der Waals surface area contributed by atoms with Crippen LogP contribution in [0.5, 0.6) is 0 Å². The Bertz CT molecular complexity index is 1490. The fourth-order valence-electron chi connectivity index (χ4n) is 5.01. The summed E-state index contributed by atoms with van der Waals surface area (Å²) in [5.74, 6) is -57.6. The molecule has 0 radical (unpaired) electrons. The molecule has 2 nitrogen and oxygen atoms in total. The Hall–Kier alpha value is -3.06. The molecule has 0 N–H and O–H groups in total. The summed E-state index contributed by atoms with van der Waals surface area (Å²) in [5, 5.41) is -1.58. The Balaban J connectivity index is 1.94. The van der Waals surface area contributed by atoms with E-state index in [2.05, 4.69) is 0 Å². The highest BCUT2D eigenvalue weighted by Gasteiger charge is 2.95. The van der Waals surface area contributed by atoms with Gasteiger partial charge >= 0.3 is 47.6 Å². The van der Waals surface area contributed by atoms with Gasteiger partial charge in [0.15, 0.2) is 5.06 Å². The minimum atomic E-state index is -8.68. The molecule has 0 fully saturated rings. The fraction of sp³-hybridized carbons (Fsp3) is 0.484. The van der Waals surface area contributed by atoms with Crippen molar-refractivity contribution < 1.29 is 84.1 Å². The molecular weight excluding hydrogens is 763 g/mol. The summed E-state index contributed by atoms with van der Waals surface area (Å²) >= 11 is 6.28. The summed E-state index contributed by atoms with van der Waals surface area (Å²) in [6.45, 7) is -1.12. The van der Waals surface area contributed by atoms with Gasteiger partial charge in [0, 0.05) is 26.1 Å². The molecule has 0 saturated carbocycles. The molecule has 0 aliphatic heterocycles. The Kier molecular flexibility index (Phi) is 11.4. The Morgan fingerprint density at radius 2 is 0.922 bits per heavy atom. The number of halogens is 18. The van der Waals surface area contributed by atoms with Gasteiger partial charge in [0.1, 0.15) is 5.60 Å². The number of benzene rings is 2. The summed E-state index contributed by atoms with van der Waals surface area (Å²) in [7, 11) is 1.20. The van der Waals surface area contributed by atoms with E-state index in [1.54, 1.807) is 60.7 Å². The lowest BCUT2D eigenvalue weighted by Crippen LogP contribution is -2.74. The van der Waals surface area contributed by atoms with Crippen LogP contribution in [0.3, 0.4) is 0 Å². The highest BCUT2D eigenvalue weighted by atomic mass is 35.5. The SMILES string of the molecule is COC1(Cl)C=CC(OCCCC(F)(F)C(F)(F)C(F)(F)C(F)(F)C(F)(F)C(F)(F)C(F)(F)C(F)(F)F)(C(c2ccccc2)c2ccccc2)C=C1. The third-order valence-electron chi connectivity index (χ3n) is 7.95. The maximum absolute atomic E-state index is 14.6. The van der Waals surface area contributed by atoms with Gasteiger partial charge in [-0.05, 0) is 41.9 Å². The van der Waals surface area contributed by atoms with Gasteiger partial charge in [0.25, 0.3) is 0 Å². The van der Waals surface area contributed by atoms with E-state index in [-0.39, 0.29) is 0 Å². The molecule has 0 amide bonds. The molecule has 0 unspecified atom stereocenters. The molecule has 0 aromatic heterocycles. The predicted octanol–water partition coefficient (Wildman–Crippen LogP) is 11.1. The molecule has 0 saturated heterocycles. The highest BCUT2D eigenvalue weighted by Crippen LogP contribution is 2.64. The molecule has 1 aliphatic rings. The average Bonchev–Trinajstić information content (AvgIpc) is 3.04. The van der Waals surface area contributed by atoms with Crippen LogP contribution in [0.1, 0.15) is 29.9 Å². The largest absolute Gasteiger partial charge is 0.460 e. The molecule has 1 aliphatic carbocycles. The zero-order valence-electron chi connectivity index (χ0n) is 25.4. The summed E-state index contributed by atoms with van der Waals surface area (Å²) in [6.07, 6.45) is -6.89. The molecule has 2 aromatic rings. The standard InChI is InChI=1S/C31H24ClF17O2/c1-50-23(32)16-14-22(15-17-23,21(19-9-4-2-5-10-19)20-11-6-3-7-12-20)51-18-8-13-24(33,34)25(35,36)26(37,38)27(39,40)28(41,42)29(43,44)30(45,46)31(47,48)49/h2-7,9-12,14-17,21H,8,13,18H2,1H3. The summed E-state index contributed by atoms with van der Waals surface area (Å²) in [5.41, 5.74) is -0.790. The van der Waals surface area contributed by atoms with Crippen molar-refractivity contribution in [3.05, 3.63) is 96.1 Å². The van der Waals surface area contributed by atoms with Gasteiger partial charge in [0.2, 0.25) is 0 Å². The molecule has 0 spiro atoms. The van der Waals surface area contributed by atoms with Crippen LogP contribution in [0.2, 0.25) is 0 Å². The molecule has 0 atom stereocenters. The van der Waals surface area contributed by atoms with Gasteiger partial charge in [-0.2, -0.15) is 74.6 Å². The molecule has 3 rings (SSSR count). The van der Waals surface area contributed by atoms with Crippen molar-refractivity contribution >= 4 is 11.6 Å². The minimum absolute atomic E-state index is 0.491. The third-order valence-corrected chi connectivity index (χ3v) is 8.35. The molecular formula is C31H24ClF17O2. The second-order valence-corrected chi connectivity index (χ2v) is 11.9. The summed E-state index contributed by atoms with van der Waals surface area (Å²) < 4.78 is 243. The maximum atomic E-state index is 14.6. The second kappa shape index (κ2) is 13.7. The number of hydrogen-bond acceptors (Lipinski definition) is 2. The van der Waals surface area contributed by atoms with E-state index in [4.69, 9.17) is 21.1 Å². The van der Waals surface area contributed by atoms with Gasteiger partial charge < -0.3 is 9.47 Å². The second-order valence-electron chi connectivity index (χ2n) is 11.3. The minimum Gasteiger partial charge on any atom is -0.366 e. The van der Waals surface area contributed by atoms with Crippen molar-refractivity contribution in [3.8, 4) is 0 Å². The van der Waals surface area contributed by atoms with E-state index in [1.807, 2.05) is 0 Å². The summed E-state index contributed by atoms with van der Waals surface area (Å²) in [4.78, 5) is 0. The van der Waals surface area contributed by atoms with Crippen LogP contribution in [0.4, 0.5) is 74.6 Å². The van der Waals surface area contributed by atoms with E-state index < -0.39 is 83.7 Å². The quantitative estimate of drug-likeness (QED) is 0.0775. The maximum Gasteiger partial charge on any atom is 0.460 e. The van der Waals surface area contributed by atoms with Crippen molar-refractivity contribution in [1.82, 2.24) is 0 Å². The van der Waals surface area contributed by atoms with Crippen LogP contribution in [0, 0.1) is 0 Å². The van der Waals surface area contributed by atoms with Crippen molar-refractivity contribution in [3.63, 3.8) is 0 Å². The van der Waals surface area contributed by atoms with Crippen molar-refractivity contribution in [2.24, 2.45) is 0 Å². The summed E-state index contributed by atoms with van der Waals surface area (Å²) in [6, 6.07) is 16.0. The highest BCUT2D eigenvalue weighted by molar-refractivity contribution is 6.25. The van der Waals surface area contributed by atoms with Crippen LogP contribution >= 0.6 is 11.6 Å². The zero-order valence-corrected chi connectivity index (χ0v) is 26.2.